The maximum absolute atomic E-state index is 10.3. The second-order valence-electron chi connectivity index (χ2n) is 13.4. The van der Waals surface area contributed by atoms with Crippen molar-refractivity contribution in [3.05, 3.63) is 109 Å². The van der Waals surface area contributed by atoms with Crippen LogP contribution in [0.1, 0.15) is 34.2 Å². The molecule has 0 aliphatic rings. The molecule has 0 radical (unpaired) electrons. The Morgan fingerprint density at radius 2 is 0.448 bits per heavy atom. The van der Waals surface area contributed by atoms with E-state index in [1.54, 1.807) is 37.2 Å². The number of aliphatic carboxylic acids is 6. The number of rotatable bonds is 18. The minimum Gasteiger partial charge on any atom is -0.480 e. The molecule has 0 aromatic carbocycles. The van der Waals surface area contributed by atoms with E-state index in [-0.39, 0.29) is 55.0 Å². The molecule has 6 aromatic rings. The van der Waals surface area contributed by atoms with Crippen LogP contribution < -0.4 is 34.4 Å². The van der Waals surface area contributed by atoms with Crippen LogP contribution in [0.3, 0.4) is 0 Å². The standard InChI is InChI=1S/6C6H9N3O2.Ni/c6*7-5(6(10)11)1-4-2-8-3-9-4;/h6*2-3,5H,1,7H2,(H,8,9)(H,10,11);/t6*5-;/m000000./s1. The van der Waals surface area contributed by atoms with Crippen LogP contribution in [0.2, 0.25) is 0 Å². The van der Waals surface area contributed by atoms with E-state index in [0.717, 1.165) is 34.2 Å². The predicted octanol–water partition coefficient (Wildman–Crippen LogP) is -3.82. The Bertz CT molecular complexity index is 1800. The molecular weight excluding hydrogens is 935 g/mol. The number of nitrogens with two attached hydrogens (primary N) is 6. The molecule has 31 heteroatoms. The smallest absolute Gasteiger partial charge is 0.320 e. The summed E-state index contributed by atoms with van der Waals surface area (Å²) in [6, 6.07) is -5.11. The normalized spacial score (nSPS) is 12.6. The van der Waals surface area contributed by atoms with Crippen molar-refractivity contribution in [3.8, 4) is 0 Å². The van der Waals surface area contributed by atoms with Gasteiger partial charge in [-0.05, 0) is 0 Å². The molecule has 0 aliphatic heterocycles. The maximum Gasteiger partial charge on any atom is 0.320 e. The Hall–Kier alpha value is -7.67. The first kappa shape index (κ1) is 59.3. The van der Waals surface area contributed by atoms with E-state index in [0.29, 0.717) is 0 Å². The molecule has 0 fully saturated rings. The molecule has 0 saturated heterocycles. The predicted molar refractivity (Wildman–Crippen MR) is 227 cm³/mol. The molecule has 6 atom stereocenters. The summed E-state index contributed by atoms with van der Waals surface area (Å²) in [7, 11) is 0. The monoisotopic (exact) mass is 988 g/mol. The van der Waals surface area contributed by atoms with E-state index in [1.165, 1.54) is 38.0 Å². The van der Waals surface area contributed by atoms with Crippen LogP contribution in [0.4, 0.5) is 0 Å². The maximum atomic E-state index is 10.3. The van der Waals surface area contributed by atoms with Gasteiger partial charge < -0.3 is 94.9 Å². The van der Waals surface area contributed by atoms with Gasteiger partial charge in [0.05, 0.1) is 38.0 Å². The van der Waals surface area contributed by atoms with Crippen LogP contribution in [0.15, 0.2) is 75.1 Å². The van der Waals surface area contributed by atoms with Gasteiger partial charge in [0.15, 0.2) is 0 Å². The van der Waals surface area contributed by atoms with E-state index < -0.39 is 72.1 Å². The molecular formula is C36H54N18NiO12. The van der Waals surface area contributed by atoms with Crippen LogP contribution in [-0.4, -0.2) is 163 Å². The molecule has 370 valence electrons. The number of carboxylic acids is 6. The number of hydrogen-bond donors (Lipinski definition) is 18. The largest absolute Gasteiger partial charge is 0.480 e. The quantitative estimate of drug-likeness (QED) is 0.0367. The van der Waals surface area contributed by atoms with E-state index in [9.17, 15) is 28.8 Å². The molecule has 30 nitrogen and oxygen atoms in total. The third kappa shape index (κ3) is 27.3. The van der Waals surface area contributed by atoms with E-state index >= 15 is 0 Å². The summed E-state index contributed by atoms with van der Waals surface area (Å²) >= 11 is 0. The van der Waals surface area contributed by atoms with Crippen molar-refractivity contribution in [2.75, 3.05) is 0 Å². The van der Waals surface area contributed by atoms with Crippen LogP contribution in [0.5, 0.6) is 0 Å². The van der Waals surface area contributed by atoms with Crippen LogP contribution in [-0.2, 0) is 83.8 Å². The third-order valence-corrected chi connectivity index (χ3v) is 7.87. The van der Waals surface area contributed by atoms with Gasteiger partial charge in [0.25, 0.3) is 0 Å². The Labute approximate surface area is 389 Å². The van der Waals surface area contributed by atoms with Gasteiger partial charge in [0.2, 0.25) is 0 Å². The number of carbonyl (C=O) groups is 6. The van der Waals surface area contributed by atoms with Crippen LogP contribution in [0.25, 0.3) is 0 Å². The van der Waals surface area contributed by atoms with Crippen LogP contribution >= 0.6 is 0 Å². The first-order valence-corrected chi connectivity index (χ1v) is 18.9. The van der Waals surface area contributed by atoms with Gasteiger partial charge in [-0.1, -0.05) is 0 Å². The van der Waals surface area contributed by atoms with E-state index in [4.69, 9.17) is 65.0 Å². The molecule has 0 aliphatic carbocycles. The van der Waals surface area contributed by atoms with Crippen LogP contribution in [0, 0.1) is 0 Å². The number of hydrogen-bond acceptors (Lipinski definition) is 18. The van der Waals surface area contributed by atoms with Gasteiger partial charge in [0.1, 0.15) is 36.3 Å². The van der Waals surface area contributed by atoms with Gasteiger partial charge in [0, 0.05) is 126 Å². The fourth-order valence-electron chi connectivity index (χ4n) is 4.32. The number of nitrogens with one attached hydrogen (secondary N) is 6. The van der Waals surface area contributed by atoms with Crippen molar-refractivity contribution >= 4 is 35.8 Å². The fraction of sp³-hybridized carbons (Fsp3) is 0.333. The molecule has 0 amide bonds. The summed E-state index contributed by atoms with van der Waals surface area (Å²) in [6.07, 6.45) is 20.0. The minimum atomic E-state index is -1.00. The third-order valence-electron chi connectivity index (χ3n) is 7.87. The molecule has 0 spiro atoms. The number of nitrogens with zero attached hydrogens (tertiary/aromatic N) is 6. The van der Waals surface area contributed by atoms with E-state index in [1.807, 2.05) is 0 Å². The molecule has 0 unspecified atom stereocenters. The fourth-order valence-corrected chi connectivity index (χ4v) is 4.32. The van der Waals surface area contributed by atoms with E-state index in [2.05, 4.69) is 59.8 Å². The van der Waals surface area contributed by atoms with Crippen molar-refractivity contribution in [2.45, 2.75) is 74.8 Å². The second-order valence-corrected chi connectivity index (χ2v) is 13.4. The first-order valence-electron chi connectivity index (χ1n) is 18.9. The number of carboxylic acid groups (broad SMARTS) is 6. The average molecular weight is 990 g/mol. The SMILES string of the molecule is N[C@@H](Cc1cnc[nH]1)C(=O)O.N[C@@H](Cc1cnc[nH]1)C(=O)O.N[C@@H](Cc1cnc[nH]1)C(=O)O.N[C@@H](Cc1cnc[nH]1)C(=O)O.N[C@@H](Cc1cnc[nH]1)C(=O)O.N[C@@H](Cc1cnc[nH]1)C(=O)O.[Ni]. The summed E-state index contributed by atoms with van der Waals surface area (Å²) in [5, 5.41) is 50.5. The Morgan fingerprint density at radius 3 is 0.522 bits per heavy atom. The van der Waals surface area contributed by atoms with Crippen molar-refractivity contribution in [3.63, 3.8) is 0 Å². The first-order chi connectivity index (χ1) is 31.2. The van der Waals surface area contributed by atoms with Crippen molar-refractivity contribution in [1.82, 2.24) is 59.8 Å². The second kappa shape index (κ2) is 32.9. The van der Waals surface area contributed by atoms with Crippen molar-refractivity contribution in [2.24, 2.45) is 34.4 Å². The van der Waals surface area contributed by atoms with Crippen molar-refractivity contribution < 1.29 is 75.9 Å². The average Bonchev–Trinajstić information content (AvgIpc) is 4.11. The molecule has 6 rings (SSSR count). The zero-order chi connectivity index (χ0) is 49.6. The summed E-state index contributed by atoms with van der Waals surface area (Å²) in [5.74, 6) is -6.00. The minimum absolute atomic E-state index is 0. The molecule has 0 bridgehead atoms. The zero-order valence-electron chi connectivity index (χ0n) is 35.2. The topological polar surface area (TPSA) is 552 Å². The van der Waals surface area contributed by atoms with Crippen molar-refractivity contribution in [1.29, 1.82) is 0 Å². The van der Waals surface area contributed by atoms with Gasteiger partial charge in [-0.3, -0.25) is 28.8 Å². The number of aromatic amines is 6. The molecule has 24 N–H and O–H groups in total. The van der Waals surface area contributed by atoms with Gasteiger partial charge in [-0.25, -0.2) is 29.9 Å². The van der Waals surface area contributed by atoms with Gasteiger partial charge in [-0.2, -0.15) is 0 Å². The molecule has 6 aromatic heterocycles. The number of aromatic nitrogens is 12. The Balaban J connectivity index is 0.000000778. The molecule has 6 heterocycles. The summed E-state index contributed by atoms with van der Waals surface area (Å²) in [6.45, 7) is 0. The Morgan fingerprint density at radius 1 is 0.328 bits per heavy atom. The molecule has 67 heavy (non-hydrogen) atoms. The molecule has 0 saturated carbocycles. The van der Waals surface area contributed by atoms with Gasteiger partial charge in [-0.15, -0.1) is 0 Å². The summed E-state index contributed by atoms with van der Waals surface area (Å²) in [5.41, 5.74) is 36.0. The summed E-state index contributed by atoms with van der Waals surface area (Å²) in [4.78, 5) is 101. The zero-order valence-corrected chi connectivity index (χ0v) is 36.2. The number of imidazole rings is 6. The Kier molecular flexibility index (Phi) is 29.1. The number of H-pyrrole nitrogens is 6. The van der Waals surface area contributed by atoms with Gasteiger partial charge >= 0.3 is 35.8 Å². The summed E-state index contributed by atoms with van der Waals surface area (Å²) < 4.78 is 0.